The average Bonchev–Trinajstić information content (AvgIpc) is 2.88. The van der Waals surface area contributed by atoms with Gasteiger partial charge in [-0.05, 0) is 50.6 Å². The molecule has 0 radical (unpaired) electrons. The van der Waals surface area contributed by atoms with Gasteiger partial charge in [-0.2, -0.15) is 0 Å². The number of hydrogen-bond donors (Lipinski definition) is 1. The summed E-state index contributed by atoms with van der Waals surface area (Å²) in [5, 5.41) is 2.17. The van der Waals surface area contributed by atoms with Crippen molar-refractivity contribution in [3.05, 3.63) is 22.4 Å². The molecule has 2 nitrogen and oxygen atoms in total. The number of rotatable bonds is 4. The molecule has 0 bridgehead atoms. The lowest BCUT2D eigenvalue weighted by Gasteiger charge is -2.44. The minimum Gasteiger partial charge on any atom is -0.329 e. The fraction of sp³-hybridized carbons (Fsp3) is 0.750. The van der Waals surface area contributed by atoms with Crippen molar-refractivity contribution in [1.82, 2.24) is 4.90 Å². The van der Waals surface area contributed by atoms with Crippen LogP contribution in [0.4, 0.5) is 0 Å². The minimum atomic E-state index is 0.203. The second-order valence-electron chi connectivity index (χ2n) is 6.27. The largest absolute Gasteiger partial charge is 0.329 e. The fourth-order valence-corrected chi connectivity index (χ4v) is 4.22. The van der Waals surface area contributed by atoms with Crippen LogP contribution in [-0.4, -0.2) is 24.0 Å². The van der Waals surface area contributed by atoms with E-state index in [9.17, 15) is 0 Å². The lowest BCUT2D eigenvalue weighted by atomic mass is 9.87. The summed E-state index contributed by atoms with van der Waals surface area (Å²) < 4.78 is 0. The van der Waals surface area contributed by atoms with E-state index in [1.54, 1.807) is 0 Å². The number of hydrogen-bond acceptors (Lipinski definition) is 3. The first-order chi connectivity index (χ1) is 9.09. The molecule has 1 aromatic rings. The molecule has 1 aliphatic carbocycles. The van der Waals surface area contributed by atoms with E-state index < -0.39 is 0 Å². The molecular weight excluding hydrogens is 252 g/mol. The molecule has 0 aromatic carbocycles. The van der Waals surface area contributed by atoms with Gasteiger partial charge in [-0.1, -0.05) is 25.8 Å². The lowest BCUT2D eigenvalue weighted by molar-refractivity contribution is 0.0697. The molecule has 3 heteroatoms. The van der Waals surface area contributed by atoms with Crippen LogP contribution in [0, 0.1) is 5.92 Å². The molecule has 3 unspecified atom stereocenters. The fourth-order valence-electron chi connectivity index (χ4n) is 3.40. The van der Waals surface area contributed by atoms with Gasteiger partial charge in [0.2, 0.25) is 0 Å². The maximum absolute atomic E-state index is 6.21. The summed E-state index contributed by atoms with van der Waals surface area (Å²) in [6.07, 6.45) is 6.50. The summed E-state index contributed by atoms with van der Waals surface area (Å²) in [5.41, 5.74) is 6.41. The third-order valence-corrected chi connectivity index (χ3v) is 6.15. The van der Waals surface area contributed by atoms with Crippen molar-refractivity contribution in [3.8, 4) is 0 Å². The van der Waals surface area contributed by atoms with Gasteiger partial charge in [0.1, 0.15) is 0 Å². The Bertz CT molecular complexity index is 376. The predicted octanol–water partition coefficient (Wildman–Crippen LogP) is 4.04. The van der Waals surface area contributed by atoms with Crippen molar-refractivity contribution < 1.29 is 0 Å². The molecule has 1 fully saturated rings. The van der Waals surface area contributed by atoms with Crippen LogP contribution in [-0.2, 0) is 0 Å². The van der Waals surface area contributed by atoms with Crippen LogP contribution in [0.2, 0.25) is 0 Å². The van der Waals surface area contributed by atoms with Gasteiger partial charge in [-0.25, -0.2) is 0 Å². The van der Waals surface area contributed by atoms with E-state index in [1.165, 1.54) is 37.0 Å². The normalized spacial score (nSPS) is 30.3. The first kappa shape index (κ1) is 15.0. The van der Waals surface area contributed by atoms with Crippen LogP contribution in [0.3, 0.4) is 0 Å². The average molecular weight is 280 g/mol. The summed E-state index contributed by atoms with van der Waals surface area (Å²) in [6.45, 7) is 5.48. The van der Waals surface area contributed by atoms with E-state index in [0.29, 0.717) is 6.04 Å². The van der Waals surface area contributed by atoms with Crippen molar-refractivity contribution >= 4 is 11.3 Å². The molecular formula is C16H28N2S. The van der Waals surface area contributed by atoms with Crippen LogP contribution in [0.15, 0.2) is 17.5 Å². The second kappa shape index (κ2) is 6.38. The quantitative estimate of drug-likeness (QED) is 0.843. The van der Waals surface area contributed by atoms with Gasteiger partial charge in [0, 0.05) is 23.0 Å². The number of thiophene rings is 1. The highest BCUT2D eigenvalue weighted by Crippen LogP contribution is 2.38. The zero-order chi connectivity index (χ0) is 13.9. The highest BCUT2D eigenvalue weighted by atomic mass is 32.1. The Hall–Kier alpha value is -0.380. The third-order valence-electron chi connectivity index (χ3n) is 5.11. The molecule has 0 aliphatic heterocycles. The number of nitrogens with two attached hydrogens (primary N) is 1. The Morgan fingerprint density at radius 3 is 2.89 bits per heavy atom. The molecule has 1 aliphatic rings. The Morgan fingerprint density at radius 2 is 2.26 bits per heavy atom. The van der Waals surface area contributed by atoms with Crippen LogP contribution < -0.4 is 5.73 Å². The number of likely N-dealkylation sites (N-methyl/N-ethyl adjacent to an activating group) is 1. The maximum Gasteiger partial charge on any atom is 0.0416 e. The smallest absolute Gasteiger partial charge is 0.0416 e. The summed E-state index contributed by atoms with van der Waals surface area (Å²) >= 11 is 1.86. The summed E-state index contributed by atoms with van der Waals surface area (Å²) in [5.74, 6) is 0.860. The summed E-state index contributed by atoms with van der Waals surface area (Å²) in [7, 11) is 2.27. The molecule has 1 saturated carbocycles. The predicted molar refractivity (Wildman–Crippen MR) is 84.5 cm³/mol. The van der Waals surface area contributed by atoms with Crippen molar-refractivity contribution in [3.63, 3.8) is 0 Å². The van der Waals surface area contributed by atoms with Crippen molar-refractivity contribution in [2.24, 2.45) is 11.7 Å². The zero-order valence-electron chi connectivity index (χ0n) is 12.6. The second-order valence-corrected chi connectivity index (χ2v) is 7.25. The molecule has 0 saturated heterocycles. The van der Waals surface area contributed by atoms with E-state index in [0.717, 1.165) is 12.5 Å². The topological polar surface area (TPSA) is 29.3 Å². The van der Waals surface area contributed by atoms with Crippen LogP contribution >= 0.6 is 11.3 Å². The minimum absolute atomic E-state index is 0.203. The van der Waals surface area contributed by atoms with Crippen molar-refractivity contribution in [2.75, 3.05) is 13.6 Å². The van der Waals surface area contributed by atoms with E-state index in [-0.39, 0.29) is 5.54 Å². The molecule has 19 heavy (non-hydrogen) atoms. The van der Waals surface area contributed by atoms with Crippen LogP contribution in [0.1, 0.15) is 56.9 Å². The number of nitrogens with zero attached hydrogens (tertiary/aromatic N) is 1. The van der Waals surface area contributed by atoms with Crippen LogP contribution in [0.5, 0.6) is 0 Å². The Labute approximate surface area is 122 Å². The van der Waals surface area contributed by atoms with Crippen molar-refractivity contribution in [2.45, 2.75) is 57.5 Å². The van der Waals surface area contributed by atoms with Gasteiger partial charge < -0.3 is 5.73 Å². The van der Waals surface area contributed by atoms with Gasteiger partial charge in [-0.15, -0.1) is 11.3 Å². The van der Waals surface area contributed by atoms with Gasteiger partial charge in [0.15, 0.2) is 0 Å². The molecule has 1 heterocycles. The first-order valence-electron chi connectivity index (χ1n) is 7.55. The van der Waals surface area contributed by atoms with Gasteiger partial charge >= 0.3 is 0 Å². The van der Waals surface area contributed by atoms with E-state index >= 15 is 0 Å². The van der Waals surface area contributed by atoms with Gasteiger partial charge in [-0.3, -0.25) is 4.90 Å². The first-order valence-corrected chi connectivity index (χ1v) is 8.43. The molecule has 2 rings (SSSR count). The molecule has 1 aromatic heterocycles. The molecule has 2 N–H and O–H groups in total. The summed E-state index contributed by atoms with van der Waals surface area (Å²) in [6, 6.07) is 4.86. The summed E-state index contributed by atoms with van der Waals surface area (Å²) in [4.78, 5) is 4.00. The standard InChI is InChI=1S/C16H28N2S/c1-13-6-4-9-16(12-17,10-8-13)18(3)14(2)15-7-5-11-19-15/h5,7,11,13-14H,4,6,8-10,12,17H2,1-3H3. The van der Waals surface area contributed by atoms with Crippen molar-refractivity contribution in [1.29, 1.82) is 0 Å². The monoisotopic (exact) mass is 280 g/mol. The molecule has 3 atom stereocenters. The molecule has 0 amide bonds. The van der Waals surface area contributed by atoms with E-state index in [1.807, 2.05) is 11.3 Å². The van der Waals surface area contributed by atoms with E-state index in [4.69, 9.17) is 5.73 Å². The molecule has 0 spiro atoms. The zero-order valence-corrected chi connectivity index (χ0v) is 13.4. The van der Waals surface area contributed by atoms with Crippen LogP contribution in [0.25, 0.3) is 0 Å². The maximum atomic E-state index is 6.21. The Morgan fingerprint density at radius 1 is 1.47 bits per heavy atom. The molecule has 108 valence electrons. The third kappa shape index (κ3) is 3.21. The lowest BCUT2D eigenvalue weighted by Crippen LogP contribution is -2.52. The highest BCUT2D eigenvalue weighted by molar-refractivity contribution is 7.10. The Balaban J connectivity index is 2.15. The Kier molecular flexibility index (Phi) is 5.04. The van der Waals surface area contributed by atoms with Gasteiger partial charge in [0.25, 0.3) is 0 Å². The van der Waals surface area contributed by atoms with E-state index in [2.05, 4.69) is 43.3 Å². The SMILES string of the molecule is CC1CCCC(CN)(N(C)C(C)c2cccs2)CC1. The highest BCUT2D eigenvalue weighted by Gasteiger charge is 2.37. The van der Waals surface area contributed by atoms with Gasteiger partial charge in [0.05, 0.1) is 0 Å².